The average Bonchev–Trinajstić information content (AvgIpc) is 2.72. The maximum atomic E-state index is 12.6. The highest BCUT2D eigenvalue weighted by Gasteiger charge is 2.24. The standard InChI is InChI=1S/C23H29N3O2/c1-25(2)16-20-5-3-4-19(14-20)15-24-23(28)21-10-12-26(13-11-21)22-8-6-18(17-27)7-9-22/h3-9,14,17,21H,10-13,15-16H2,1-2H3,(H,24,28). The number of benzene rings is 2. The third kappa shape index (κ3) is 5.42. The molecule has 0 saturated carbocycles. The molecule has 1 aliphatic heterocycles. The molecule has 1 N–H and O–H groups in total. The first-order valence-corrected chi connectivity index (χ1v) is 9.85. The van der Waals surface area contributed by atoms with Crippen LogP contribution in [0.25, 0.3) is 0 Å². The molecule has 1 saturated heterocycles. The molecular formula is C23H29N3O2. The van der Waals surface area contributed by atoms with Gasteiger partial charge in [-0.3, -0.25) is 9.59 Å². The molecule has 1 fully saturated rings. The predicted octanol–water partition coefficient (Wildman–Crippen LogP) is 3.09. The van der Waals surface area contributed by atoms with Crippen LogP contribution in [0, 0.1) is 5.92 Å². The Morgan fingerprint density at radius 2 is 1.79 bits per heavy atom. The lowest BCUT2D eigenvalue weighted by atomic mass is 9.95. The number of hydrogen-bond acceptors (Lipinski definition) is 4. The van der Waals surface area contributed by atoms with Gasteiger partial charge in [0.1, 0.15) is 6.29 Å². The summed E-state index contributed by atoms with van der Waals surface area (Å²) in [5.74, 6) is 0.212. The van der Waals surface area contributed by atoms with Gasteiger partial charge in [0.05, 0.1) is 0 Å². The Bertz CT molecular complexity index is 794. The maximum absolute atomic E-state index is 12.6. The first kappa shape index (κ1) is 20.1. The molecule has 5 nitrogen and oxygen atoms in total. The molecule has 0 unspecified atom stereocenters. The normalized spacial score (nSPS) is 14.9. The number of nitrogens with one attached hydrogen (secondary N) is 1. The fraction of sp³-hybridized carbons (Fsp3) is 0.391. The first-order chi connectivity index (χ1) is 13.5. The van der Waals surface area contributed by atoms with Gasteiger partial charge in [-0.15, -0.1) is 0 Å². The van der Waals surface area contributed by atoms with Crippen LogP contribution in [0.2, 0.25) is 0 Å². The van der Waals surface area contributed by atoms with E-state index >= 15 is 0 Å². The zero-order valence-corrected chi connectivity index (χ0v) is 16.7. The first-order valence-electron chi connectivity index (χ1n) is 9.85. The van der Waals surface area contributed by atoms with Crippen LogP contribution in [-0.2, 0) is 17.9 Å². The van der Waals surface area contributed by atoms with Crippen LogP contribution < -0.4 is 10.2 Å². The SMILES string of the molecule is CN(C)Cc1cccc(CNC(=O)C2CCN(c3ccc(C=O)cc3)CC2)c1. The van der Waals surface area contributed by atoms with E-state index in [1.165, 1.54) is 5.56 Å². The molecule has 2 aromatic rings. The highest BCUT2D eigenvalue weighted by molar-refractivity contribution is 5.79. The van der Waals surface area contributed by atoms with Crippen LogP contribution in [0.5, 0.6) is 0 Å². The lowest BCUT2D eigenvalue weighted by Crippen LogP contribution is -2.40. The van der Waals surface area contributed by atoms with Crippen molar-refractivity contribution < 1.29 is 9.59 Å². The Hall–Kier alpha value is -2.66. The van der Waals surface area contributed by atoms with Crippen LogP contribution in [-0.4, -0.2) is 44.3 Å². The van der Waals surface area contributed by atoms with Gasteiger partial charge in [0, 0.05) is 43.3 Å². The molecule has 148 valence electrons. The molecule has 0 aromatic heterocycles. The predicted molar refractivity (Wildman–Crippen MR) is 112 cm³/mol. The minimum absolute atomic E-state index is 0.0652. The molecule has 0 atom stereocenters. The number of amides is 1. The molecule has 0 radical (unpaired) electrons. The van der Waals surface area contributed by atoms with Crippen LogP contribution in [0.4, 0.5) is 5.69 Å². The molecule has 28 heavy (non-hydrogen) atoms. The molecule has 3 rings (SSSR count). The molecule has 5 heteroatoms. The van der Waals surface area contributed by atoms with Gasteiger partial charge >= 0.3 is 0 Å². The van der Waals surface area contributed by atoms with Gasteiger partial charge in [-0.25, -0.2) is 0 Å². The van der Waals surface area contributed by atoms with Gasteiger partial charge in [-0.1, -0.05) is 24.3 Å². The fourth-order valence-corrected chi connectivity index (χ4v) is 3.70. The molecule has 0 bridgehead atoms. The van der Waals surface area contributed by atoms with E-state index in [0.29, 0.717) is 12.1 Å². The summed E-state index contributed by atoms with van der Waals surface area (Å²) in [6, 6.07) is 16.0. The lowest BCUT2D eigenvalue weighted by Gasteiger charge is -2.33. The second kappa shape index (κ2) is 9.51. The molecule has 0 spiro atoms. The number of rotatable bonds is 7. The number of carbonyl (C=O) groups is 2. The fourth-order valence-electron chi connectivity index (χ4n) is 3.70. The van der Waals surface area contributed by atoms with E-state index in [2.05, 4.69) is 53.5 Å². The zero-order chi connectivity index (χ0) is 19.9. The summed E-state index contributed by atoms with van der Waals surface area (Å²) in [6.45, 7) is 3.19. The Morgan fingerprint density at radius 3 is 2.43 bits per heavy atom. The van der Waals surface area contributed by atoms with E-state index in [4.69, 9.17) is 0 Å². The van der Waals surface area contributed by atoms with E-state index in [9.17, 15) is 9.59 Å². The second-order valence-electron chi connectivity index (χ2n) is 7.75. The molecule has 1 amide bonds. The van der Waals surface area contributed by atoms with E-state index in [0.717, 1.165) is 50.0 Å². The van der Waals surface area contributed by atoms with Crippen LogP contribution >= 0.6 is 0 Å². The summed E-state index contributed by atoms with van der Waals surface area (Å²) >= 11 is 0. The van der Waals surface area contributed by atoms with Crippen molar-refractivity contribution in [2.45, 2.75) is 25.9 Å². The lowest BCUT2D eigenvalue weighted by molar-refractivity contribution is -0.125. The zero-order valence-electron chi connectivity index (χ0n) is 16.7. The maximum Gasteiger partial charge on any atom is 0.223 e. The number of piperidine rings is 1. The molecule has 1 aliphatic rings. The van der Waals surface area contributed by atoms with Crippen molar-refractivity contribution in [2.75, 3.05) is 32.1 Å². The van der Waals surface area contributed by atoms with Crippen molar-refractivity contribution in [2.24, 2.45) is 5.92 Å². The molecule has 1 heterocycles. The summed E-state index contributed by atoms with van der Waals surface area (Å²) in [4.78, 5) is 27.8. The van der Waals surface area contributed by atoms with Gasteiger partial charge in [-0.2, -0.15) is 0 Å². The average molecular weight is 380 g/mol. The van der Waals surface area contributed by atoms with Crippen molar-refractivity contribution in [3.8, 4) is 0 Å². The van der Waals surface area contributed by atoms with Crippen molar-refractivity contribution in [1.82, 2.24) is 10.2 Å². The number of carbonyl (C=O) groups excluding carboxylic acids is 2. The Morgan fingerprint density at radius 1 is 1.11 bits per heavy atom. The van der Waals surface area contributed by atoms with Crippen LogP contribution in [0.15, 0.2) is 48.5 Å². The molecular weight excluding hydrogens is 350 g/mol. The smallest absolute Gasteiger partial charge is 0.223 e. The Labute approximate surface area is 167 Å². The minimum atomic E-state index is 0.0652. The summed E-state index contributed by atoms with van der Waals surface area (Å²) < 4.78 is 0. The Balaban J connectivity index is 1.48. The summed E-state index contributed by atoms with van der Waals surface area (Å²) in [5.41, 5.74) is 4.20. The van der Waals surface area contributed by atoms with Gasteiger partial charge in [0.25, 0.3) is 0 Å². The topological polar surface area (TPSA) is 52.7 Å². The molecule has 2 aromatic carbocycles. The highest BCUT2D eigenvalue weighted by atomic mass is 16.1. The number of aldehydes is 1. The van der Waals surface area contributed by atoms with Gasteiger partial charge in [0.15, 0.2) is 0 Å². The highest BCUT2D eigenvalue weighted by Crippen LogP contribution is 2.23. The number of anilines is 1. The Kier molecular flexibility index (Phi) is 6.82. The van der Waals surface area contributed by atoms with E-state index in [-0.39, 0.29) is 11.8 Å². The van der Waals surface area contributed by atoms with Crippen molar-refractivity contribution in [3.05, 3.63) is 65.2 Å². The minimum Gasteiger partial charge on any atom is -0.371 e. The number of hydrogen-bond donors (Lipinski definition) is 1. The van der Waals surface area contributed by atoms with Crippen molar-refractivity contribution in [3.63, 3.8) is 0 Å². The molecule has 0 aliphatic carbocycles. The third-order valence-corrected chi connectivity index (χ3v) is 5.22. The van der Waals surface area contributed by atoms with Gasteiger partial charge in [0.2, 0.25) is 5.91 Å². The van der Waals surface area contributed by atoms with E-state index < -0.39 is 0 Å². The van der Waals surface area contributed by atoms with E-state index in [1.807, 2.05) is 24.3 Å². The second-order valence-corrected chi connectivity index (χ2v) is 7.75. The summed E-state index contributed by atoms with van der Waals surface area (Å²) in [6.07, 6.45) is 2.56. The number of nitrogens with zero attached hydrogens (tertiary/aromatic N) is 2. The van der Waals surface area contributed by atoms with Crippen molar-refractivity contribution in [1.29, 1.82) is 0 Å². The summed E-state index contributed by atoms with van der Waals surface area (Å²) in [5, 5.41) is 3.11. The van der Waals surface area contributed by atoms with Crippen LogP contribution in [0.1, 0.15) is 34.3 Å². The van der Waals surface area contributed by atoms with Crippen molar-refractivity contribution >= 4 is 17.9 Å². The monoisotopic (exact) mass is 379 g/mol. The van der Waals surface area contributed by atoms with E-state index in [1.54, 1.807) is 0 Å². The van der Waals surface area contributed by atoms with Gasteiger partial charge < -0.3 is 15.1 Å². The van der Waals surface area contributed by atoms with Gasteiger partial charge in [-0.05, 0) is 62.3 Å². The quantitative estimate of drug-likeness (QED) is 0.751. The largest absolute Gasteiger partial charge is 0.371 e. The summed E-state index contributed by atoms with van der Waals surface area (Å²) in [7, 11) is 4.11. The third-order valence-electron chi connectivity index (χ3n) is 5.22. The van der Waals surface area contributed by atoms with Crippen LogP contribution in [0.3, 0.4) is 0 Å².